The van der Waals surface area contributed by atoms with E-state index in [1.54, 1.807) is 24.0 Å². The lowest BCUT2D eigenvalue weighted by molar-refractivity contribution is -0.139. The van der Waals surface area contributed by atoms with E-state index in [2.05, 4.69) is 0 Å². The number of rotatable bonds is 6. The first-order chi connectivity index (χ1) is 14.9. The number of carbonyl (C=O) groups is 4. The summed E-state index contributed by atoms with van der Waals surface area (Å²) in [5, 5.41) is -0.438. The number of aldehydes is 1. The molecule has 0 atom stereocenters. The van der Waals surface area contributed by atoms with Crippen LogP contribution < -0.4 is 0 Å². The highest BCUT2D eigenvalue weighted by Crippen LogP contribution is 2.31. The molecule has 2 saturated heterocycles. The number of imide groups is 1. The van der Waals surface area contributed by atoms with E-state index < -0.39 is 11.1 Å². The van der Waals surface area contributed by atoms with Gasteiger partial charge >= 0.3 is 0 Å². The Kier molecular flexibility index (Phi) is 7.59. The fraction of sp³-hybridized carbons (Fsp3) is 0.304. The summed E-state index contributed by atoms with van der Waals surface area (Å²) in [6.07, 6.45) is 6.16. The lowest BCUT2D eigenvalue weighted by Gasteiger charge is -2.28. The molecule has 1 aromatic rings. The van der Waals surface area contributed by atoms with Gasteiger partial charge in [0.05, 0.1) is 18.1 Å². The number of amides is 3. The van der Waals surface area contributed by atoms with Crippen molar-refractivity contribution in [3.8, 4) is 0 Å². The summed E-state index contributed by atoms with van der Waals surface area (Å²) < 4.78 is 5.22. The van der Waals surface area contributed by atoms with Gasteiger partial charge in [-0.25, -0.2) is 0 Å². The van der Waals surface area contributed by atoms with Gasteiger partial charge in [0.15, 0.2) is 0 Å². The molecule has 0 unspecified atom stereocenters. The zero-order valence-corrected chi connectivity index (χ0v) is 18.3. The van der Waals surface area contributed by atoms with Gasteiger partial charge < -0.3 is 9.64 Å². The van der Waals surface area contributed by atoms with Crippen molar-refractivity contribution in [2.75, 3.05) is 32.8 Å². The number of morpholine rings is 1. The molecule has 0 radical (unpaired) electrons. The molecule has 0 aromatic heterocycles. The van der Waals surface area contributed by atoms with Gasteiger partial charge in [0.25, 0.3) is 11.1 Å². The molecular weight excluding hydrogens is 416 g/mol. The number of ether oxygens (including phenoxy) is 1. The number of carbonyl (C=O) groups excluding carboxylic acids is 4. The average Bonchev–Trinajstić information content (AvgIpc) is 3.02. The first-order valence-corrected chi connectivity index (χ1v) is 10.7. The standard InChI is InChI=1S/C23H24N2O5S/c1-16(11-18-3-5-19(6-4-18)12-17(2)15-26)13-20-22(28)25(23(29)31-20)14-21(27)24-7-9-30-10-8-24/h3-6,11-13,15H,7-10,14H2,1-2H3/b16-11+,17-12+,20-13-. The van der Waals surface area contributed by atoms with E-state index in [-0.39, 0.29) is 12.5 Å². The molecule has 1 aromatic carbocycles. The first kappa shape index (κ1) is 22.7. The maximum Gasteiger partial charge on any atom is 0.294 e. The van der Waals surface area contributed by atoms with Crippen LogP contribution in [0.15, 0.2) is 46.4 Å². The Morgan fingerprint density at radius 2 is 1.61 bits per heavy atom. The minimum absolute atomic E-state index is 0.250. The Labute approximate surface area is 185 Å². The summed E-state index contributed by atoms with van der Waals surface area (Å²) in [6, 6.07) is 7.62. The van der Waals surface area contributed by atoms with Crippen LogP contribution in [0, 0.1) is 0 Å². The van der Waals surface area contributed by atoms with Crippen LogP contribution in [0.2, 0.25) is 0 Å². The van der Waals surface area contributed by atoms with Crippen molar-refractivity contribution >= 4 is 47.3 Å². The normalized spacial score (nSPS) is 19.4. The van der Waals surface area contributed by atoms with Crippen molar-refractivity contribution in [3.05, 3.63) is 57.5 Å². The molecule has 31 heavy (non-hydrogen) atoms. The number of allylic oxidation sites excluding steroid dienone is 3. The van der Waals surface area contributed by atoms with E-state index in [0.717, 1.165) is 39.6 Å². The van der Waals surface area contributed by atoms with Crippen LogP contribution in [-0.4, -0.2) is 66.0 Å². The zero-order chi connectivity index (χ0) is 22.4. The van der Waals surface area contributed by atoms with Crippen molar-refractivity contribution < 1.29 is 23.9 Å². The van der Waals surface area contributed by atoms with Gasteiger partial charge in [-0.3, -0.25) is 24.1 Å². The van der Waals surface area contributed by atoms with Gasteiger partial charge in [0.1, 0.15) is 12.8 Å². The van der Waals surface area contributed by atoms with E-state index in [9.17, 15) is 19.2 Å². The Hall–Kier alpha value is -2.97. The third kappa shape index (κ3) is 6.02. The molecule has 162 valence electrons. The van der Waals surface area contributed by atoms with E-state index in [0.29, 0.717) is 36.8 Å². The molecule has 8 heteroatoms. The predicted octanol–water partition coefficient (Wildman–Crippen LogP) is 3.13. The molecule has 7 nitrogen and oxygen atoms in total. The van der Waals surface area contributed by atoms with Crippen LogP contribution in [0.1, 0.15) is 25.0 Å². The summed E-state index contributed by atoms with van der Waals surface area (Å²) in [5.74, 6) is -0.702. The molecule has 3 amide bonds. The molecule has 2 aliphatic heterocycles. The monoisotopic (exact) mass is 440 g/mol. The minimum atomic E-state index is -0.450. The molecule has 2 heterocycles. The third-order valence-electron chi connectivity index (χ3n) is 4.80. The molecule has 0 spiro atoms. The van der Waals surface area contributed by atoms with Gasteiger partial charge in [-0.15, -0.1) is 0 Å². The quantitative estimate of drug-likeness (QED) is 0.499. The Morgan fingerprint density at radius 1 is 1.03 bits per heavy atom. The number of nitrogens with zero attached hydrogens (tertiary/aromatic N) is 2. The highest BCUT2D eigenvalue weighted by atomic mass is 32.2. The topological polar surface area (TPSA) is 84.0 Å². The fourth-order valence-corrected chi connectivity index (χ4v) is 4.07. The van der Waals surface area contributed by atoms with Crippen LogP contribution in [-0.2, 0) is 19.1 Å². The van der Waals surface area contributed by atoms with Gasteiger partial charge in [-0.1, -0.05) is 30.3 Å². The highest BCUT2D eigenvalue weighted by Gasteiger charge is 2.37. The van der Waals surface area contributed by atoms with Crippen LogP contribution in [0.25, 0.3) is 12.2 Å². The summed E-state index contributed by atoms with van der Waals surface area (Å²) in [6.45, 7) is 5.20. The summed E-state index contributed by atoms with van der Waals surface area (Å²) in [5.41, 5.74) is 3.29. The fourth-order valence-electron chi connectivity index (χ4n) is 3.18. The van der Waals surface area contributed by atoms with E-state index in [4.69, 9.17) is 4.74 Å². The Balaban J connectivity index is 1.67. The Bertz CT molecular complexity index is 972. The average molecular weight is 441 g/mol. The second kappa shape index (κ2) is 10.4. The summed E-state index contributed by atoms with van der Waals surface area (Å²) in [4.78, 5) is 51.0. The van der Waals surface area contributed by atoms with E-state index in [1.807, 2.05) is 37.3 Å². The van der Waals surface area contributed by atoms with Crippen molar-refractivity contribution in [1.29, 1.82) is 0 Å². The summed E-state index contributed by atoms with van der Waals surface area (Å²) >= 11 is 0.843. The lowest BCUT2D eigenvalue weighted by atomic mass is 10.1. The predicted molar refractivity (Wildman–Crippen MR) is 120 cm³/mol. The second-order valence-corrected chi connectivity index (χ2v) is 8.32. The van der Waals surface area contributed by atoms with Crippen molar-refractivity contribution in [2.24, 2.45) is 0 Å². The molecule has 0 N–H and O–H groups in total. The van der Waals surface area contributed by atoms with Crippen molar-refractivity contribution in [2.45, 2.75) is 13.8 Å². The number of hydrogen-bond acceptors (Lipinski definition) is 6. The van der Waals surface area contributed by atoms with Crippen LogP contribution in [0.3, 0.4) is 0 Å². The van der Waals surface area contributed by atoms with E-state index >= 15 is 0 Å². The van der Waals surface area contributed by atoms with Crippen LogP contribution >= 0.6 is 11.8 Å². The maximum atomic E-state index is 12.7. The van der Waals surface area contributed by atoms with Gasteiger partial charge in [-0.2, -0.15) is 0 Å². The van der Waals surface area contributed by atoms with Crippen LogP contribution in [0.4, 0.5) is 4.79 Å². The molecule has 2 aliphatic rings. The molecule has 0 bridgehead atoms. The summed E-state index contributed by atoms with van der Waals surface area (Å²) in [7, 11) is 0. The van der Waals surface area contributed by atoms with Crippen molar-refractivity contribution in [3.63, 3.8) is 0 Å². The lowest BCUT2D eigenvalue weighted by Crippen LogP contribution is -2.46. The number of thioether (sulfide) groups is 1. The molecular formula is C23H24N2O5S. The number of benzene rings is 1. The highest BCUT2D eigenvalue weighted by molar-refractivity contribution is 8.18. The first-order valence-electron chi connectivity index (χ1n) is 9.90. The molecule has 0 aliphatic carbocycles. The second-order valence-electron chi connectivity index (χ2n) is 7.32. The largest absolute Gasteiger partial charge is 0.378 e. The molecule has 2 fully saturated rings. The van der Waals surface area contributed by atoms with Crippen molar-refractivity contribution in [1.82, 2.24) is 9.80 Å². The van der Waals surface area contributed by atoms with Gasteiger partial charge in [0, 0.05) is 13.1 Å². The SMILES string of the molecule is C/C(C=O)=C\c1ccc(/C=C(C)/C=C2\SC(=O)N(CC(=O)N3CCOCC3)C2=O)cc1. The zero-order valence-electron chi connectivity index (χ0n) is 17.5. The van der Waals surface area contributed by atoms with Gasteiger partial charge in [-0.05, 0) is 60.0 Å². The van der Waals surface area contributed by atoms with E-state index in [1.165, 1.54) is 0 Å². The Morgan fingerprint density at radius 3 is 2.19 bits per heavy atom. The molecule has 3 rings (SSSR count). The maximum absolute atomic E-state index is 12.7. The smallest absolute Gasteiger partial charge is 0.294 e. The minimum Gasteiger partial charge on any atom is -0.378 e. The van der Waals surface area contributed by atoms with Gasteiger partial charge in [0.2, 0.25) is 5.91 Å². The van der Waals surface area contributed by atoms with Crippen LogP contribution in [0.5, 0.6) is 0 Å². The third-order valence-corrected chi connectivity index (χ3v) is 5.71. The number of hydrogen-bond donors (Lipinski definition) is 0. The molecule has 0 saturated carbocycles.